The number of sulfonamides is 1. The van der Waals surface area contributed by atoms with Gasteiger partial charge in [0.05, 0.1) is 17.0 Å². The number of benzene rings is 2. The third-order valence-corrected chi connectivity index (χ3v) is 8.19. The highest BCUT2D eigenvalue weighted by molar-refractivity contribution is 9.10. The van der Waals surface area contributed by atoms with Crippen LogP contribution in [0.2, 0.25) is 10.0 Å². The van der Waals surface area contributed by atoms with Crippen molar-refractivity contribution < 1.29 is 18.0 Å². The van der Waals surface area contributed by atoms with Gasteiger partial charge >= 0.3 is 0 Å². The molecule has 1 saturated carbocycles. The molecule has 2 aromatic carbocycles. The van der Waals surface area contributed by atoms with E-state index in [-0.39, 0.29) is 29.2 Å². The van der Waals surface area contributed by atoms with Gasteiger partial charge in [0.15, 0.2) is 0 Å². The summed E-state index contributed by atoms with van der Waals surface area (Å²) >= 11 is 15.6. The molecule has 35 heavy (non-hydrogen) atoms. The molecule has 1 aliphatic carbocycles. The number of amides is 2. The summed E-state index contributed by atoms with van der Waals surface area (Å²) in [4.78, 5) is 28.0. The lowest BCUT2D eigenvalue weighted by atomic mass is 10.1. The highest BCUT2D eigenvalue weighted by atomic mass is 79.9. The van der Waals surface area contributed by atoms with Crippen molar-refractivity contribution in [3.05, 3.63) is 62.5 Å². The molecule has 190 valence electrons. The Morgan fingerprint density at radius 1 is 1.11 bits per heavy atom. The third kappa shape index (κ3) is 7.59. The fourth-order valence-electron chi connectivity index (χ4n) is 4.04. The molecule has 11 heteroatoms. The molecule has 0 spiro atoms. The molecule has 1 aliphatic rings. The number of hydrogen-bond donors (Lipinski definition) is 1. The Morgan fingerprint density at radius 3 is 2.31 bits per heavy atom. The van der Waals surface area contributed by atoms with E-state index in [0.717, 1.165) is 46.3 Å². The van der Waals surface area contributed by atoms with Gasteiger partial charge in [-0.25, -0.2) is 8.42 Å². The van der Waals surface area contributed by atoms with E-state index in [0.29, 0.717) is 5.02 Å². The van der Waals surface area contributed by atoms with Crippen LogP contribution in [0.1, 0.15) is 38.2 Å². The van der Waals surface area contributed by atoms with Gasteiger partial charge in [-0.3, -0.25) is 13.9 Å². The lowest BCUT2D eigenvalue weighted by Crippen LogP contribution is -2.52. The molecule has 0 unspecified atom stereocenters. The topological polar surface area (TPSA) is 86.8 Å². The van der Waals surface area contributed by atoms with Crippen molar-refractivity contribution in [3.63, 3.8) is 0 Å². The van der Waals surface area contributed by atoms with E-state index in [4.69, 9.17) is 23.2 Å². The zero-order valence-electron chi connectivity index (χ0n) is 19.5. The number of carbonyl (C=O) groups excluding carboxylic acids is 2. The van der Waals surface area contributed by atoms with Gasteiger partial charge in [0.2, 0.25) is 21.8 Å². The summed E-state index contributed by atoms with van der Waals surface area (Å²) in [5, 5.41) is 3.47. The van der Waals surface area contributed by atoms with E-state index < -0.39 is 28.5 Å². The maximum Gasteiger partial charge on any atom is 0.244 e. The molecule has 1 N–H and O–H groups in total. The summed E-state index contributed by atoms with van der Waals surface area (Å²) in [5.74, 6) is -0.795. The molecule has 7 nitrogen and oxygen atoms in total. The van der Waals surface area contributed by atoms with Gasteiger partial charge in [0.1, 0.15) is 12.6 Å². The average molecular weight is 605 g/mol. The van der Waals surface area contributed by atoms with E-state index in [1.165, 1.54) is 23.1 Å². The van der Waals surface area contributed by atoms with Crippen molar-refractivity contribution in [1.82, 2.24) is 10.2 Å². The lowest BCUT2D eigenvalue weighted by molar-refractivity contribution is -0.139. The van der Waals surface area contributed by atoms with Crippen LogP contribution in [0, 0.1) is 0 Å². The molecule has 2 aromatic rings. The summed E-state index contributed by atoms with van der Waals surface area (Å²) in [5.41, 5.74) is 0.941. The van der Waals surface area contributed by atoms with E-state index in [1.54, 1.807) is 6.92 Å². The van der Waals surface area contributed by atoms with Crippen LogP contribution in [0.25, 0.3) is 0 Å². The van der Waals surface area contributed by atoms with Gasteiger partial charge in [0.25, 0.3) is 0 Å². The van der Waals surface area contributed by atoms with Crippen molar-refractivity contribution in [1.29, 1.82) is 0 Å². The summed E-state index contributed by atoms with van der Waals surface area (Å²) < 4.78 is 27.1. The van der Waals surface area contributed by atoms with Crippen LogP contribution in [0.3, 0.4) is 0 Å². The number of rotatable bonds is 9. The second kappa shape index (κ2) is 12.0. The molecule has 3 rings (SSSR count). The predicted molar refractivity (Wildman–Crippen MR) is 143 cm³/mol. The van der Waals surface area contributed by atoms with Crippen LogP contribution in [0.15, 0.2) is 46.9 Å². The highest BCUT2D eigenvalue weighted by Crippen LogP contribution is 2.30. The molecule has 0 radical (unpaired) electrons. The minimum atomic E-state index is -3.87. The first kappa shape index (κ1) is 27.8. The Labute approximate surface area is 224 Å². The first-order valence-electron chi connectivity index (χ1n) is 11.2. The molecule has 0 bridgehead atoms. The number of hydrogen-bond acceptors (Lipinski definition) is 4. The third-order valence-electron chi connectivity index (χ3n) is 5.99. The lowest BCUT2D eigenvalue weighted by Gasteiger charge is -2.32. The van der Waals surface area contributed by atoms with Gasteiger partial charge in [-0.15, -0.1) is 0 Å². The Hall–Kier alpha value is -1.81. The Balaban J connectivity index is 1.89. The maximum absolute atomic E-state index is 13.6. The van der Waals surface area contributed by atoms with Crippen LogP contribution in [0.4, 0.5) is 5.69 Å². The van der Waals surface area contributed by atoms with Crippen LogP contribution < -0.4 is 9.62 Å². The summed E-state index contributed by atoms with van der Waals surface area (Å²) in [7, 11) is -3.87. The minimum absolute atomic E-state index is 0.0926. The number of nitrogens with zero attached hydrogens (tertiary/aromatic N) is 2. The number of anilines is 1. The summed E-state index contributed by atoms with van der Waals surface area (Å²) in [6, 6.07) is 11.0. The van der Waals surface area contributed by atoms with Crippen molar-refractivity contribution >= 4 is 66.7 Å². The Kier molecular flexibility index (Phi) is 9.48. The van der Waals surface area contributed by atoms with Crippen LogP contribution in [0.5, 0.6) is 0 Å². The second-order valence-electron chi connectivity index (χ2n) is 8.68. The second-order valence-corrected chi connectivity index (χ2v) is 12.3. The Morgan fingerprint density at radius 2 is 1.74 bits per heavy atom. The molecular weight excluding hydrogens is 577 g/mol. The molecule has 1 atom stereocenters. The fourth-order valence-corrected chi connectivity index (χ4v) is 5.73. The molecule has 2 amide bonds. The summed E-state index contributed by atoms with van der Waals surface area (Å²) in [6.45, 7) is 1.27. The SMILES string of the molecule is C[C@H](C(=O)NC1CCCC1)N(Cc1ccc(Br)cc1)C(=O)CN(c1ccc(Cl)cc1Cl)S(C)(=O)=O. The zero-order chi connectivity index (χ0) is 25.8. The van der Waals surface area contributed by atoms with Crippen molar-refractivity contribution in [2.45, 2.75) is 51.2 Å². The normalized spacial score (nSPS) is 15.0. The van der Waals surface area contributed by atoms with Gasteiger partial charge in [-0.2, -0.15) is 0 Å². The number of carbonyl (C=O) groups is 2. The fraction of sp³-hybridized carbons (Fsp3) is 0.417. The smallest absolute Gasteiger partial charge is 0.244 e. The number of halogens is 3. The molecule has 0 heterocycles. The first-order chi connectivity index (χ1) is 16.5. The Bertz CT molecular complexity index is 1170. The maximum atomic E-state index is 13.6. The average Bonchev–Trinajstić information content (AvgIpc) is 3.29. The standard InChI is InChI=1S/C24H28BrCl2N3O4S/c1-16(24(32)28-20-5-3-4-6-20)29(14-17-7-9-18(25)10-8-17)23(31)15-30(35(2,33)34)22-12-11-19(26)13-21(22)27/h7-13,16,20H,3-6,14-15H2,1-2H3,(H,28,32)/t16-/m1/s1. The van der Waals surface area contributed by atoms with Crippen LogP contribution in [-0.4, -0.2) is 50.0 Å². The largest absolute Gasteiger partial charge is 0.352 e. The van der Waals surface area contributed by atoms with E-state index in [1.807, 2.05) is 24.3 Å². The van der Waals surface area contributed by atoms with Crippen LogP contribution in [-0.2, 0) is 26.2 Å². The van der Waals surface area contributed by atoms with Crippen LogP contribution >= 0.6 is 39.1 Å². The highest BCUT2D eigenvalue weighted by Gasteiger charge is 2.32. The molecule has 1 fully saturated rings. The summed E-state index contributed by atoms with van der Waals surface area (Å²) in [6.07, 6.45) is 4.95. The zero-order valence-corrected chi connectivity index (χ0v) is 23.4. The molecule has 0 saturated heterocycles. The van der Waals surface area contributed by atoms with Gasteiger partial charge < -0.3 is 10.2 Å². The quantitative estimate of drug-likeness (QED) is 0.436. The van der Waals surface area contributed by atoms with E-state index >= 15 is 0 Å². The monoisotopic (exact) mass is 603 g/mol. The van der Waals surface area contributed by atoms with Crippen molar-refractivity contribution in [3.8, 4) is 0 Å². The minimum Gasteiger partial charge on any atom is -0.352 e. The van der Waals surface area contributed by atoms with Gasteiger partial charge in [-0.05, 0) is 55.7 Å². The van der Waals surface area contributed by atoms with E-state index in [2.05, 4.69) is 21.2 Å². The number of nitrogens with one attached hydrogen (secondary N) is 1. The molecular formula is C24H28BrCl2N3O4S. The molecule has 0 aromatic heterocycles. The van der Waals surface area contributed by atoms with Gasteiger partial charge in [-0.1, -0.05) is 64.1 Å². The predicted octanol–water partition coefficient (Wildman–Crippen LogP) is 5.00. The first-order valence-corrected chi connectivity index (χ1v) is 14.6. The van der Waals surface area contributed by atoms with Gasteiger partial charge in [0, 0.05) is 22.1 Å². The van der Waals surface area contributed by atoms with E-state index in [9.17, 15) is 18.0 Å². The molecule has 0 aliphatic heterocycles. The van der Waals surface area contributed by atoms with Crippen molar-refractivity contribution in [2.75, 3.05) is 17.1 Å². The van der Waals surface area contributed by atoms with Crippen molar-refractivity contribution in [2.24, 2.45) is 0 Å².